The molecule has 2 aliphatic rings. The zero-order valence-corrected chi connectivity index (χ0v) is 35.6. The minimum atomic E-state index is 0.0611. The van der Waals surface area contributed by atoms with Gasteiger partial charge in [0, 0.05) is 22.2 Å². The first-order valence-electron chi connectivity index (χ1n) is 22.9. The van der Waals surface area contributed by atoms with Crippen LogP contribution in [0.1, 0.15) is 36.8 Å². The van der Waals surface area contributed by atoms with Crippen molar-refractivity contribution in [3.63, 3.8) is 0 Å². The summed E-state index contributed by atoms with van der Waals surface area (Å²) in [6.45, 7) is 0. The lowest BCUT2D eigenvalue weighted by atomic mass is 9.76. The van der Waals surface area contributed by atoms with Gasteiger partial charge in [-0.3, -0.25) is 0 Å². The van der Waals surface area contributed by atoms with Crippen LogP contribution in [0.5, 0.6) is 0 Å². The Morgan fingerprint density at radius 2 is 0.891 bits per heavy atom. The zero-order chi connectivity index (χ0) is 42.2. The maximum Gasteiger partial charge on any atom is 0.0540 e. The lowest BCUT2D eigenvalue weighted by Crippen LogP contribution is -2.21. The van der Waals surface area contributed by atoms with E-state index in [1.807, 2.05) is 0 Å². The van der Waals surface area contributed by atoms with Crippen molar-refractivity contribution < 1.29 is 0 Å². The van der Waals surface area contributed by atoms with Crippen LogP contribution in [0.4, 0.5) is 17.1 Å². The molecule has 64 heavy (non-hydrogen) atoms. The fraction of sp³-hybridized carbons (Fsp3) is 0.0794. The van der Waals surface area contributed by atoms with Gasteiger partial charge in [0.15, 0.2) is 0 Å². The quantitative estimate of drug-likeness (QED) is 0.151. The van der Waals surface area contributed by atoms with Gasteiger partial charge in [-0.05, 0) is 143 Å². The van der Waals surface area contributed by atoms with Gasteiger partial charge < -0.3 is 4.90 Å². The molecule has 0 atom stereocenters. The molecule has 2 aliphatic carbocycles. The van der Waals surface area contributed by atoms with Crippen LogP contribution in [0.25, 0.3) is 87.6 Å². The van der Waals surface area contributed by atoms with Gasteiger partial charge in [0.05, 0.1) is 5.69 Å². The summed E-state index contributed by atoms with van der Waals surface area (Å²) in [5, 5.41) is 10.0. The van der Waals surface area contributed by atoms with Gasteiger partial charge in [0.25, 0.3) is 0 Å². The third-order valence-electron chi connectivity index (χ3n) is 14.6. The molecule has 1 nitrogen and oxygen atoms in total. The van der Waals surface area contributed by atoms with Gasteiger partial charge >= 0.3 is 0 Å². The maximum absolute atomic E-state index is 2.55. The van der Waals surface area contributed by atoms with Crippen molar-refractivity contribution >= 4 is 60.2 Å². The van der Waals surface area contributed by atoms with E-state index in [0.29, 0.717) is 0 Å². The fourth-order valence-electron chi connectivity index (χ4n) is 11.8. The van der Waals surface area contributed by atoms with E-state index in [-0.39, 0.29) is 5.41 Å². The number of fused-ring (bicyclic) bond motifs is 12. The van der Waals surface area contributed by atoms with E-state index < -0.39 is 0 Å². The van der Waals surface area contributed by atoms with Crippen LogP contribution < -0.4 is 4.90 Å². The Morgan fingerprint density at radius 3 is 1.66 bits per heavy atom. The number of hydrogen-bond donors (Lipinski definition) is 0. The van der Waals surface area contributed by atoms with Gasteiger partial charge in [0.1, 0.15) is 0 Å². The van der Waals surface area contributed by atoms with E-state index in [9.17, 15) is 0 Å². The SMILES string of the molecule is c1ccc(-c2cc(-c3ccccc3)c3c4ccccc4c4cc(N(c5ccc6c(c5)C5(CCCC5)c5ccccc5-6)c5cccc6ccccc56)ccc4c3c2-c2ccccc2)cc1. The standard InChI is InChI=1S/C63H45N/c1-4-19-43(20-5-1)54-41-55(44-21-6-2-7-22-44)61-52-30-13-12-28-49(52)56-39-46(34-36-53(56)62(61)60(54)45-24-8-3-9-25-45)64(59-32-18-26-42-23-10-11-27-48(42)59)47-33-35-51-50-29-14-15-31-57(50)63(58(51)40-47)37-16-17-38-63/h1-15,18-36,39-41H,16-17,37-38H2. The largest absolute Gasteiger partial charge is 0.310 e. The molecule has 11 aromatic carbocycles. The van der Waals surface area contributed by atoms with Gasteiger partial charge in [0.2, 0.25) is 0 Å². The third kappa shape index (κ3) is 5.57. The Hall–Kier alpha value is -7.74. The van der Waals surface area contributed by atoms with Crippen LogP contribution in [-0.2, 0) is 5.41 Å². The summed E-state index contributed by atoms with van der Waals surface area (Å²) >= 11 is 0. The summed E-state index contributed by atoms with van der Waals surface area (Å²) in [7, 11) is 0. The third-order valence-corrected chi connectivity index (χ3v) is 14.6. The van der Waals surface area contributed by atoms with E-state index in [1.54, 1.807) is 0 Å². The molecule has 0 saturated heterocycles. The molecule has 1 heteroatoms. The topological polar surface area (TPSA) is 3.24 Å². The summed E-state index contributed by atoms with van der Waals surface area (Å²) in [5.41, 5.74) is 16.8. The molecule has 0 amide bonds. The molecule has 0 bridgehead atoms. The molecular weight excluding hydrogens is 771 g/mol. The smallest absolute Gasteiger partial charge is 0.0540 e. The summed E-state index contributed by atoms with van der Waals surface area (Å²) < 4.78 is 0. The van der Waals surface area contributed by atoms with Crippen molar-refractivity contribution in [3.05, 3.63) is 236 Å². The molecule has 0 N–H and O–H groups in total. The van der Waals surface area contributed by atoms with Crippen molar-refractivity contribution in [2.45, 2.75) is 31.1 Å². The van der Waals surface area contributed by atoms with E-state index in [1.165, 1.54) is 136 Å². The zero-order valence-electron chi connectivity index (χ0n) is 35.6. The second-order valence-corrected chi connectivity index (χ2v) is 17.9. The van der Waals surface area contributed by atoms with Crippen molar-refractivity contribution in [3.8, 4) is 44.5 Å². The molecule has 0 heterocycles. The number of benzene rings is 11. The van der Waals surface area contributed by atoms with Crippen LogP contribution in [0, 0.1) is 0 Å². The summed E-state index contributed by atoms with van der Waals surface area (Å²) in [4.78, 5) is 2.54. The average Bonchev–Trinajstić information content (AvgIpc) is 3.98. The Kier molecular flexibility index (Phi) is 8.46. The highest BCUT2D eigenvalue weighted by Crippen LogP contribution is 2.58. The first-order chi connectivity index (χ1) is 31.7. The summed E-state index contributed by atoms with van der Waals surface area (Å²) in [6, 6.07) is 84.0. The first kappa shape index (κ1) is 36.9. The fourth-order valence-corrected chi connectivity index (χ4v) is 11.8. The molecule has 13 rings (SSSR count). The van der Waals surface area contributed by atoms with Crippen molar-refractivity contribution in [2.24, 2.45) is 0 Å². The highest BCUT2D eigenvalue weighted by molar-refractivity contribution is 6.33. The van der Waals surface area contributed by atoms with Gasteiger partial charge in [-0.1, -0.05) is 201 Å². The Bertz CT molecular complexity index is 3590. The molecule has 0 aromatic heterocycles. The van der Waals surface area contributed by atoms with E-state index in [0.717, 1.165) is 5.69 Å². The van der Waals surface area contributed by atoms with E-state index >= 15 is 0 Å². The van der Waals surface area contributed by atoms with Crippen molar-refractivity contribution in [2.75, 3.05) is 4.90 Å². The van der Waals surface area contributed by atoms with E-state index in [2.05, 4.69) is 229 Å². The Morgan fingerprint density at radius 1 is 0.328 bits per heavy atom. The Labute approximate surface area is 374 Å². The first-order valence-corrected chi connectivity index (χ1v) is 22.9. The molecule has 11 aromatic rings. The monoisotopic (exact) mass is 815 g/mol. The second kappa shape index (κ2) is 14.7. The molecule has 1 fully saturated rings. The number of nitrogens with zero attached hydrogens (tertiary/aromatic N) is 1. The van der Waals surface area contributed by atoms with E-state index in [4.69, 9.17) is 0 Å². The number of anilines is 3. The lowest BCUT2D eigenvalue weighted by molar-refractivity contribution is 0.550. The summed E-state index contributed by atoms with van der Waals surface area (Å²) in [5.74, 6) is 0. The lowest BCUT2D eigenvalue weighted by Gasteiger charge is -2.31. The summed E-state index contributed by atoms with van der Waals surface area (Å²) in [6.07, 6.45) is 4.92. The number of hydrogen-bond acceptors (Lipinski definition) is 1. The van der Waals surface area contributed by atoms with Crippen LogP contribution in [0.2, 0.25) is 0 Å². The molecule has 1 spiro atoms. The highest BCUT2D eigenvalue weighted by Gasteiger charge is 2.45. The van der Waals surface area contributed by atoms with Crippen LogP contribution >= 0.6 is 0 Å². The van der Waals surface area contributed by atoms with Crippen molar-refractivity contribution in [1.82, 2.24) is 0 Å². The molecule has 0 unspecified atom stereocenters. The maximum atomic E-state index is 2.55. The predicted molar refractivity (Wildman–Crippen MR) is 272 cm³/mol. The van der Waals surface area contributed by atoms with Gasteiger partial charge in [-0.25, -0.2) is 0 Å². The van der Waals surface area contributed by atoms with Crippen LogP contribution in [-0.4, -0.2) is 0 Å². The van der Waals surface area contributed by atoms with Gasteiger partial charge in [-0.2, -0.15) is 0 Å². The minimum Gasteiger partial charge on any atom is -0.310 e. The van der Waals surface area contributed by atoms with Crippen LogP contribution in [0.15, 0.2) is 224 Å². The average molecular weight is 816 g/mol. The molecule has 302 valence electrons. The molecular formula is C63H45N. The molecule has 1 saturated carbocycles. The second-order valence-electron chi connectivity index (χ2n) is 17.9. The van der Waals surface area contributed by atoms with Gasteiger partial charge in [-0.15, -0.1) is 0 Å². The predicted octanol–water partition coefficient (Wildman–Crippen LogP) is 17.6. The van der Waals surface area contributed by atoms with Crippen LogP contribution in [0.3, 0.4) is 0 Å². The Balaban J connectivity index is 1.14. The molecule has 0 aliphatic heterocycles. The van der Waals surface area contributed by atoms with Crippen molar-refractivity contribution in [1.29, 1.82) is 0 Å². The minimum absolute atomic E-state index is 0.0611. The number of rotatable bonds is 6. The normalized spacial score (nSPS) is 13.8. The highest BCUT2D eigenvalue weighted by atomic mass is 15.1. The molecule has 0 radical (unpaired) electrons.